The molecule has 0 spiro atoms. The van der Waals surface area contributed by atoms with Crippen molar-refractivity contribution in [1.82, 2.24) is 5.32 Å². The highest BCUT2D eigenvalue weighted by Crippen LogP contribution is 2.40. The molecule has 2 nitrogen and oxygen atoms in total. The van der Waals surface area contributed by atoms with Gasteiger partial charge in [-0.3, -0.25) is 0 Å². The lowest BCUT2D eigenvalue weighted by atomic mass is 9.77. The highest BCUT2D eigenvalue weighted by molar-refractivity contribution is 5.42. The summed E-state index contributed by atoms with van der Waals surface area (Å²) in [5.74, 6) is 1.09. The third-order valence-corrected chi connectivity index (χ3v) is 4.59. The van der Waals surface area contributed by atoms with Crippen molar-refractivity contribution in [2.24, 2.45) is 0 Å². The van der Waals surface area contributed by atoms with Crippen molar-refractivity contribution in [2.45, 2.75) is 78.4 Å². The summed E-state index contributed by atoms with van der Waals surface area (Å²) in [5, 5.41) is 3.59. The molecule has 0 atom stereocenters. The van der Waals surface area contributed by atoms with Gasteiger partial charge >= 0.3 is 0 Å². The summed E-state index contributed by atoms with van der Waals surface area (Å²) in [4.78, 5) is 0. The number of hydrogen-bond donors (Lipinski definition) is 1. The summed E-state index contributed by atoms with van der Waals surface area (Å²) in [6, 6.07) is 4.43. The first-order valence-electron chi connectivity index (χ1n) is 8.23. The van der Waals surface area contributed by atoms with Crippen LogP contribution in [0, 0.1) is 20.8 Å². The van der Waals surface area contributed by atoms with Gasteiger partial charge in [-0.15, -0.1) is 0 Å². The molecular formula is C19H31NO. The van der Waals surface area contributed by atoms with Crippen LogP contribution in [0.2, 0.25) is 0 Å². The molecule has 1 saturated carbocycles. The number of hydrogen-bond acceptors (Lipinski definition) is 2. The quantitative estimate of drug-likeness (QED) is 0.849. The van der Waals surface area contributed by atoms with E-state index in [1.807, 2.05) is 0 Å². The van der Waals surface area contributed by atoms with Crippen LogP contribution < -0.4 is 10.1 Å². The predicted octanol–water partition coefficient (Wildman–Crippen LogP) is 4.69. The van der Waals surface area contributed by atoms with Crippen molar-refractivity contribution >= 4 is 0 Å². The smallest absolute Gasteiger partial charge is 0.123 e. The Morgan fingerprint density at radius 3 is 2.33 bits per heavy atom. The number of benzene rings is 1. The van der Waals surface area contributed by atoms with E-state index < -0.39 is 0 Å². The summed E-state index contributed by atoms with van der Waals surface area (Å²) in [7, 11) is 0. The highest BCUT2D eigenvalue weighted by Gasteiger charge is 2.39. The van der Waals surface area contributed by atoms with Gasteiger partial charge in [0.1, 0.15) is 11.4 Å². The van der Waals surface area contributed by atoms with Gasteiger partial charge in [0.2, 0.25) is 0 Å². The third-order valence-electron chi connectivity index (χ3n) is 4.59. The van der Waals surface area contributed by atoms with Crippen LogP contribution >= 0.6 is 0 Å². The summed E-state index contributed by atoms with van der Waals surface area (Å²) < 4.78 is 6.51. The first-order chi connectivity index (χ1) is 9.71. The van der Waals surface area contributed by atoms with Crippen LogP contribution in [0.3, 0.4) is 0 Å². The first kappa shape index (κ1) is 16.4. The van der Waals surface area contributed by atoms with Crippen LogP contribution in [0.1, 0.15) is 63.1 Å². The molecule has 1 aliphatic carbocycles. The summed E-state index contributed by atoms with van der Waals surface area (Å²) in [6.45, 7) is 14.2. The molecular weight excluding hydrogens is 258 g/mol. The third kappa shape index (κ3) is 4.23. The molecule has 0 aromatic heterocycles. The van der Waals surface area contributed by atoms with Crippen molar-refractivity contribution in [3.8, 4) is 5.75 Å². The van der Waals surface area contributed by atoms with Gasteiger partial charge in [-0.1, -0.05) is 6.07 Å². The lowest BCUT2D eigenvalue weighted by Crippen LogP contribution is -2.47. The molecule has 0 heterocycles. The Hall–Kier alpha value is -1.02. The number of rotatable bonds is 5. The SMILES string of the molecule is Cc1cc(C)c(C)c(OC2(CCNC(C)(C)C)CCC2)c1. The fourth-order valence-electron chi connectivity index (χ4n) is 2.98. The lowest BCUT2D eigenvalue weighted by molar-refractivity contribution is -0.0158. The second-order valence-electron chi connectivity index (χ2n) is 7.77. The van der Waals surface area contributed by atoms with E-state index in [1.165, 1.54) is 36.0 Å². The van der Waals surface area contributed by atoms with E-state index in [9.17, 15) is 0 Å². The second-order valence-corrected chi connectivity index (χ2v) is 7.77. The van der Waals surface area contributed by atoms with Crippen molar-refractivity contribution in [3.05, 3.63) is 28.8 Å². The Kier molecular flexibility index (Phi) is 4.67. The topological polar surface area (TPSA) is 21.3 Å². The minimum Gasteiger partial charge on any atom is -0.487 e. The molecule has 0 amide bonds. The van der Waals surface area contributed by atoms with E-state index in [0.29, 0.717) is 0 Å². The van der Waals surface area contributed by atoms with Crippen molar-refractivity contribution in [3.63, 3.8) is 0 Å². The summed E-state index contributed by atoms with van der Waals surface area (Å²) in [5.41, 5.74) is 4.14. The van der Waals surface area contributed by atoms with Crippen LogP contribution in [0.4, 0.5) is 0 Å². The molecule has 21 heavy (non-hydrogen) atoms. The maximum absolute atomic E-state index is 6.51. The number of aryl methyl sites for hydroxylation is 2. The zero-order chi connectivity index (χ0) is 15.7. The van der Waals surface area contributed by atoms with Gasteiger partial charge in [0, 0.05) is 5.54 Å². The van der Waals surface area contributed by atoms with E-state index in [1.54, 1.807) is 0 Å². The molecule has 1 aliphatic rings. The van der Waals surface area contributed by atoms with Gasteiger partial charge in [0.25, 0.3) is 0 Å². The monoisotopic (exact) mass is 289 g/mol. The van der Waals surface area contributed by atoms with Gasteiger partial charge in [0.05, 0.1) is 0 Å². The zero-order valence-corrected chi connectivity index (χ0v) is 14.6. The van der Waals surface area contributed by atoms with E-state index in [-0.39, 0.29) is 11.1 Å². The Bertz CT molecular complexity index is 495. The van der Waals surface area contributed by atoms with Crippen molar-refractivity contribution in [1.29, 1.82) is 0 Å². The van der Waals surface area contributed by atoms with Crippen LogP contribution in [0.5, 0.6) is 5.75 Å². The number of ether oxygens (including phenoxy) is 1. The normalized spacial score (nSPS) is 17.4. The Morgan fingerprint density at radius 2 is 1.81 bits per heavy atom. The molecule has 2 heteroatoms. The molecule has 118 valence electrons. The largest absolute Gasteiger partial charge is 0.487 e. The second kappa shape index (κ2) is 6.00. The van der Waals surface area contributed by atoms with Crippen LogP contribution in [0.25, 0.3) is 0 Å². The van der Waals surface area contributed by atoms with Crippen LogP contribution in [0.15, 0.2) is 12.1 Å². The Labute approximate surface area is 130 Å². The number of nitrogens with one attached hydrogen (secondary N) is 1. The lowest BCUT2D eigenvalue weighted by Gasteiger charge is -2.43. The molecule has 1 aromatic rings. The molecule has 0 saturated heterocycles. The van der Waals surface area contributed by atoms with Gasteiger partial charge in [-0.25, -0.2) is 0 Å². The minimum atomic E-state index is 0.0588. The maximum atomic E-state index is 6.51. The van der Waals surface area contributed by atoms with Gasteiger partial charge in [0.15, 0.2) is 0 Å². The summed E-state index contributed by atoms with van der Waals surface area (Å²) >= 11 is 0. The molecule has 1 aromatic carbocycles. The highest BCUT2D eigenvalue weighted by atomic mass is 16.5. The van der Waals surface area contributed by atoms with E-state index in [4.69, 9.17) is 4.74 Å². The molecule has 1 N–H and O–H groups in total. The molecule has 2 rings (SSSR count). The maximum Gasteiger partial charge on any atom is 0.123 e. The van der Waals surface area contributed by atoms with Gasteiger partial charge in [-0.2, -0.15) is 0 Å². The zero-order valence-electron chi connectivity index (χ0n) is 14.6. The average molecular weight is 289 g/mol. The molecule has 0 radical (unpaired) electrons. The molecule has 0 bridgehead atoms. The van der Waals surface area contributed by atoms with Crippen LogP contribution in [-0.2, 0) is 0 Å². The van der Waals surface area contributed by atoms with E-state index >= 15 is 0 Å². The van der Waals surface area contributed by atoms with Crippen molar-refractivity contribution in [2.75, 3.05) is 6.54 Å². The first-order valence-corrected chi connectivity index (χ1v) is 8.23. The molecule has 0 unspecified atom stereocenters. The minimum absolute atomic E-state index is 0.0588. The van der Waals surface area contributed by atoms with Gasteiger partial charge < -0.3 is 10.1 Å². The van der Waals surface area contributed by atoms with E-state index in [2.05, 4.69) is 59.0 Å². The fourth-order valence-corrected chi connectivity index (χ4v) is 2.98. The summed E-state index contributed by atoms with van der Waals surface area (Å²) in [6.07, 6.45) is 4.76. The van der Waals surface area contributed by atoms with E-state index in [0.717, 1.165) is 18.7 Å². The fraction of sp³-hybridized carbons (Fsp3) is 0.684. The standard InChI is InChI=1S/C19H31NO/c1-14-12-15(2)16(3)17(13-14)21-19(8-7-9-19)10-11-20-18(4,5)6/h12-13,20H,7-11H2,1-6H3. The Morgan fingerprint density at radius 1 is 1.14 bits per heavy atom. The van der Waals surface area contributed by atoms with Gasteiger partial charge in [-0.05, 0) is 96.5 Å². The molecule has 1 fully saturated rings. The average Bonchev–Trinajstić information content (AvgIpc) is 2.30. The predicted molar refractivity (Wildman–Crippen MR) is 90.2 cm³/mol. The van der Waals surface area contributed by atoms with Crippen LogP contribution in [-0.4, -0.2) is 17.7 Å². The molecule has 0 aliphatic heterocycles. The van der Waals surface area contributed by atoms with Crippen molar-refractivity contribution < 1.29 is 4.74 Å². The Balaban J connectivity index is 2.05.